The van der Waals surface area contributed by atoms with Gasteiger partial charge in [-0.05, 0) is 111 Å². The highest BCUT2D eigenvalue weighted by Crippen LogP contribution is 2.78. The van der Waals surface area contributed by atoms with Crippen LogP contribution < -0.4 is 0 Å². The summed E-state index contributed by atoms with van der Waals surface area (Å²) >= 11 is 0. The molecule has 0 radical (unpaired) electrons. The molecule has 4 heteroatoms. The highest BCUT2D eigenvalue weighted by atomic mass is 16.4. The lowest BCUT2D eigenvalue weighted by Gasteiger charge is -2.73. The molecule has 142 valence electrons. The molecule has 0 heterocycles. The molecule has 0 saturated heterocycles. The first-order valence-corrected chi connectivity index (χ1v) is 10.8. The van der Waals surface area contributed by atoms with E-state index < -0.39 is 17.4 Å². The highest BCUT2D eigenvalue weighted by molar-refractivity contribution is 5.78. The van der Waals surface area contributed by atoms with Crippen LogP contribution in [0.15, 0.2) is 0 Å². The van der Waals surface area contributed by atoms with Crippen LogP contribution in [-0.2, 0) is 9.59 Å². The van der Waals surface area contributed by atoms with Gasteiger partial charge in [0.2, 0.25) is 0 Å². The molecule has 5 atom stereocenters. The third-order valence-corrected chi connectivity index (χ3v) is 10.2. The van der Waals surface area contributed by atoms with Crippen molar-refractivity contribution in [2.45, 2.75) is 70.6 Å². The van der Waals surface area contributed by atoms with Gasteiger partial charge >= 0.3 is 11.9 Å². The molecule has 8 aliphatic rings. The number of carboxylic acids is 2. The zero-order valence-electron chi connectivity index (χ0n) is 15.5. The zero-order chi connectivity index (χ0) is 17.9. The molecule has 0 aromatic rings. The van der Waals surface area contributed by atoms with Crippen LogP contribution in [0.5, 0.6) is 0 Å². The molecule has 8 bridgehead atoms. The van der Waals surface area contributed by atoms with E-state index in [4.69, 9.17) is 0 Å². The van der Waals surface area contributed by atoms with Gasteiger partial charge in [0, 0.05) is 0 Å². The second-order valence-electron chi connectivity index (χ2n) is 11.4. The van der Waals surface area contributed by atoms with Crippen molar-refractivity contribution in [2.24, 2.45) is 51.8 Å². The maximum Gasteiger partial charge on any atom is 0.309 e. The van der Waals surface area contributed by atoms with Crippen molar-refractivity contribution in [2.75, 3.05) is 0 Å². The Bertz CT molecular complexity index is 663. The van der Waals surface area contributed by atoms with Crippen LogP contribution in [0.4, 0.5) is 0 Å². The van der Waals surface area contributed by atoms with Gasteiger partial charge in [0.1, 0.15) is 0 Å². The monoisotopic (exact) mass is 358 g/mol. The van der Waals surface area contributed by atoms with Crippen molar-refractivity contribution in [3.63, 3.8) is 0 Å². The molecule has 8 aliphatic carbocycles. The van der Waals surface area contributed by atoms with E-state index in [-0.39, 0.29) is 22.7 Å². The van der Waals surface area contributed by atoms with Gasteiger partial charge in [-0.15, -0.1) is 0 Å². The SMILES string of the molecule is O=C(O)C1C2CC3CC(C(=O)O)(C2)CC1(C12CC4CC(CC(C4)C1)C2)C3. The van der Waals surface area contributed by atoms with Gasteiger partial charge in [0.05, 0.1) is 11.3 Å². The molecule has 0 aromatic carbocycles. The van der Waals surface area contributed by atoms with Gasteiger partial charge in [0.25, 0.3) is 0 Å². The second-order valence-corrected chi connectivity index (χ2v) is 11.4. The molecule has 2 N–H and O–H groups in total. The molecule has 8 rings (SSSR count). The number of carboxylic acid groups (broad SMARTS) is 2. The molecule has 0 aliphatic heterocycles. The molecule has 4 nitrogen and oxygen atoms in total. The first-order chi connectivity index (χ1) is 12.3. The van der Waals surface area contributed by atoms with Crippen molar-refractivity contribution in [1.29, 1.82) is 0 Å². The summed E-state index contributed by atoms with van der Waals surface area (Å²) in [4.78, 5) is 24.9. The Morgan fingerprint density at radius 1 is 0.731 bits per heavy atom. The molecule has 5 unspecified atom stereocenters. The number of hydrogen-bond donors (Lipinski definition) is 2. The number of carbonyl (C=O) groups is 2. The zero-order valence-corrected chi connectivity index (χ0v) is 15.5. The van der Waals surface area contributed by atoms with Crippen LogP contribution in [0.1, 0.15) is 70.6 Å². The van der Waals surface area contributed by atoms with E-state index in [1.807, 2.05) is 0 Å². The maximum absolute atomic E-state index is 12.5. The predicted octanol–water partition coefficient (Wildman–Crippen LogP) is 4.18. The second kappa shape index (κ2) is 4.67. The van der Waals surface area contributed by atoms with Gasteiger partial charge in [0.15, 0.2) is 0 Å². The fourth-order valence-corrected chi connectivity index (χ4v) is 10.3. The standard InChI is InChI=1S/C22H30O4/c23-18(24)17-16-4-15-5-20(10-16,19(25)26)11-22(17,9-15)21-6-12-1-13(7-21)3-14(2-12)8-21/h12-17H,1-11H2,(H,23,24)(H,25,26). The van der Waals surface area contributed by atoms with Gasteiger partial charge in [-0.25, -0.2) is 0 Å². The molecule has 0 spiro atoms. The Morgan fingerprint density at radius 2 is 1.35 bits per heavy atom. The van der Waals surface area contributed by atoms with E-state index in [9.17, 15) is 19.8 Å². The number of aliphatic carboxylic acids is 2. The molecule has 0 amide bonds. The van der Waals surface area contributed by atoms with E-state index in [0.29, 0.717) is 18.8 Å². The summed E-state index contributed by atoms with van der Waals surface area (Å²) in [7, 11) is 0. The molecule has 26 heavy (non-hydrogen) atoms. The van der Waals surface area contributed by atoms with E-state index in [1.54, 1.807) is 0 Å². The highest BCUT2D eigenvalue weighted by Gasteiger charge is 2.73. The molecule has 8 fully saturated rings. The van der Waals surface area contributed by atoms with Crippen LogP contribution in [0.2, 0.25) is 0 Å². The van der Waals surface area contributed by atoms with Crippen molar-refractivity contribution in [1.82, 2.24) is 0 Å². The Morgan fingerprint density at radius 3 is 1.88 bits per heavy atom. The summed E-state index contributed by atoms with van der Waals surface area (Å²) < 4.78 is 0. The largest absolute Gasteiger partial charge is 0.481 e. The summed E-state index contributed by atoms with van der Waals surface area (Å²) in [6.07, 6.45) is 11.7. The first-order valence-electron chi connectivity index (χ1n) is 10.8. The minimum Gasteiger partial charge on any atom is -0.481 e. The van der Waals surface area contributed by atoms with E-state index in [0.717, 1.165) is 37.0 Å². The van der Waals surface area contributed by atoms with E-state index >= 15 is 0 Å². The Labute approximate surface area is 154 Å². The van der Waals surface area contributed by atoms with Crippen molar-refractivity contribution in [3.8, 4) is 0 Å². The maximum atomic E-state index is 12.5. The average molecular weight is 358 g/mol. The summed E-state index contributed by atoms with van der Waals surface area (Å²) in [5.74, 6) is 1.34. The fourth-order valence-electron chi connectivity index (χ4n) is 10.3. The molecular formula is C22H30O4. The van der Waals surface area contributed by atoms with Crippen LogP contribution in [0.3, 0.4) is 0 Å². The Hall–Kier alpha value is -1.06. The fraction of sp³-hybridized carbons (Fsp3) is 0.909. The van der Waals surface area contributed by atoms with Crippen LogP contribution in [-0.4, -0.2) is 22.2 Å². The normalized spacial score (nSPS) is 58.9. The quantitative estimate of drug-likeness (QED) is 0.793. The van der Waals surface area contributed by atoms with Crippen molar-refractivity contribution >= 4 is 11.9 Å². The van der Waals surface area contributed by atoms with Crippen LogP contribution in [0.25, 0.3) is 0 Å². The van der Waals surface area contributed by atoms with E-state index in [1.165, 1.54) is 38.5 Å². The molecule has 8 saturated carbocycles. The number of rotatable bonds is 3. The van der Waals surface area contributed by atoms with Gasteiger partial charge < -0.3 is 10.2 Å². The topological polar surface area (TPSA) is 74.6 Å². The third-order valence-electron chi connectivity index (χ3n) is 10.2. The van der Waals surface area contributed by atoms with Crippen LogP contribution >= 0.6 is 0 Å². The third kappa shape index (κ3) is 1.73. The first kappa shape index (κ1) is 15.9. The lowest BCUT2D eigenvalue weighted by molar-refractivity contribution is -0.254. The lowest BCUT2D eigenvalue weighted by Crippen LogP contribution is -2.69. The van der Waals surface area contributed by atoms with Crippen molar-refractivity contribution in [3.05, 3.63) is 0 Å². The van der Waals surface area contributed by atoms with E-state index in [2.05, 4.69) is 0 Å². The van der Waals surface area contributed by atoms with Crippen molar-refractivity contribution < 1.29 is 19.8 Å². The minimum atomic E-state index is -0.634. The minimum absolute atomic E-state index is 0.0952. The summed E-state index contributed by atoms with van der Waals surface area (Å²) in [6, 6.07) is 0. The Kier molecular flexibility index (Phi) is 2.86. The predicted molar refractivity (Wildman–Crippen MR) is 94.3 cm³/mol. The molecule has 0 aromatic heterocycles. The summed E-state index contributed by atoms with van der Waals surface area (Å²) in [6.45, 7) is 0. The van der Waals surface area contributed by atoms with Crippen LogP contribution in [0, 0.1) is 51.8 Å². The summed E-state index contributed by atoms with van der Waals surface area (Å²) in [5.41, 5.74) is -0.734. The number of hydrogen-bond acceptors (Lipinski definition) is 2. The lowest BCUT2D eigenvalue weighted by atomic mass is 9.30. The van der Waals surface area contributed by atoms with Gasteiger partial charge in [-0.1, -0.05) is 0 Å². The smallest absolute Gasteiger partial charge is 0.309 e. The molecular weight excluding hydrogens is 328 g/mol. The van der Waals surface area contributed by atoms with Gasteiger partial charge in [-0.2, -0.15) is 0 Å². The average Bonchev–Trinajstić information content (AvgIpc) is 2.51. The Balaban J connectivity index is 1.52. The van der Waals surface area contributed by atoms with Gasteiger partial charge in [-0.3, -0.25) is 9.59 Å². The summed E-state index contributed by atoms with van der Waals surface area (Å²) in [5, 5.41) is 20.4.